The number of nitrogens with zero attached hydrogens (tertiary/aromatic N) is 4. The van der Waals surface area contributed by atoms with Crippen LogP contribution in [0.1, 0.15) is 27.8 Å². The van der Waals surface area contributed by atoms with Crippen LogP contribution in [0.4, 0.5) is 5.69 Å². The maximum Gasteiger partial charge on any atom is 0.270 e. The van der Waals surface area contributed by atoms with Crippen molar-refractivity contribution in [3.8, 4) is 29.1 Å². The lowest BCUT2D eigenvalue weighted by Crippen LogP contribution is -2.26. The van der Waals surface area contributed by atoms with Gasteiger partial charge in [0.1, 0.15) is 42.9 Å². The van der Waals surface area contributed by atoms with Gasteiger partial charge in [-0.15, -0.1) is 0 Å². The van der Waals surface area contributed by atoms with Crippen LogP contribution in [0.5, 0.6) is 23.0 Å². The number of aliphatic hydroxyl groups excluding tert-OH is 1. The molecule has 0 bridgehead atoms. The Balaban J connectivity index is 1.75. The van der Waals surface area contributed by atoms with Crippen LogP contribution in [-0.4, -0.2) is 64.0 Å². The SMILES string of the molecule is [C-]#[N+]C(C#N)=C1C(=C2c3c(O)cccc3C(=[N+](C)C)c3cccc(O)c32)C(O)=C1c1c2c(O)cccc2c(N(C)C)c2cccc(O)c12. The largest absolute Gasteiger partial charge is 0.507 e. The predicted octanol–water partition coefficient (Wildman–Crippen LogP) is 6.79. The molecule has 0 saturated carbocycles. The molecule has 9 nitrogen and oxygen atoms in total. The zero-order valence-electron chi connectivity index (χ0n) is 26.5. The first-order valence-corrected chi connectivity index (χ1v) is 15.0. The molecule has 5 N–H and O–H groups in total. The van der Waals surface area contributed by atoms with Crippen molar-refractivity contribution in [2.75, 3.05) is 33.1 Å². The van der Waals surface area contributed by atoms with Gasteiger partial charge in [-0.1, -0.05) is 36.4 Å². The lowest BCUT2D eigenvalue weighted by atomic mass is 9.68. The highest BCUT2D eigenvalue weighted by atomic mass is 16.3. The van der Waals surface area contributed by atoms with Crippen molar-refractivity contribution in [1.82, 2.24) is 0 Å². The normalized spacial score (nSPS) is 14.7. The Morgan fingerprint density at radius 1 is 0.688 bits per heavy atom. The maximum absolute atomic E-state index is 12.3. The minimum Gasteiger partial charge on any atom is -0.507 e. The van der Waals surface area contributed by atoms with Crippen molar-refractivity contribution in [2.24, 2.45) is 0 Å². The lowest BCUT2D eigenvalue weighted by molar-refractivity contribution is -0.463. The molecule has 0 amide bonds. The van der Waals surface area contributed by atoms with Crippen LogP contribution in [0, 0.1) is 17.9 Å². The van der Waals surface area contributed by atoms with Gasteiger partial charge in [-0.3, -0.25) is 0 Å². The van der Waals surface area contributed by atoms with Crippen LogP contribution in [0.2, 0.25) is 0 Å². The molecule has 0 aliphatic heterocycles. The van der Waals surface area contributed by atoms with Crippen LogP contribution in [-0.2, 0) is 0 Å². The number of fused-ring (bicyclic) bond motifs is 4. The molecule has 5 aromatic rings. The van der Waals surface area contributed by atoms with Crippen molar-refractivity contribution < 1.29 is 30.1 Å². The van der Waals surface area contributed by atoms with Gasteiger partial charge >= 0.3 is 0 Å². The van der Waals surface area contributed by atoms with E-state index in [1.807, 2.05) is 68.0 Å². The van der Waals surface area contributed by atoms with Gasteiger partial charge < -0.3 is 30.4 Å². The second-order valence-electron chi connectivity index (χ2n) is 12.1. The second kappa shape index (κ2) is 10.7. The summed E-state index contributed by atoms with van der Waals surface area (Å²) in [5.74, 6) is -0.864. The number of phenolic OH excluding ortho intramolecular Hbond substituents is 4. The molecule has 0 saturated heterocycles. The molecule has 0 radical (unpaired) electrons. The predicted molar refractivity (Wildman–Crippen MR) is 185 cm³/mol. The van der Waals surface area contributed by atoms with E-state index in [4.69, 9.17) is 6.57 Å². The average molecular weight is 634 g/mol. The van der Waals surface area contributed by atoms with E-state index in [1.165, 1.54) is 24.3 Å². The van der Waals surface area contributed by atoms with Gasteiger partial charge in [0.25, 0.3) is 5.70 Å². The first-order valence-electron chi connectivity index (χ1n) is 15.0. The first-order chi connectivity index (χ1) is 23.0. The molecule has 9 heteroatoms. The van der Waals surface area contributed by atoms with Gasteiger partial charge in [-0.25, -0.2) is 14.7 Å². The van der Waals surface area contributed by atoms with E-state index in [2.05, 4.69) is 4.85 Å². The van der Waals surface area contributed by atoms with Crippen molar-refractivity contribution in [2.45, 2.75) is 0 Å². The molecule has 0 heterocycles. The van der Waals surface area contributed by atoms with Crippen LogP contribution in [0.15, 0.2) is 95.4 Å². The van der Waals surface area contributed by atoms with Gasteiger partial charge in [0, 0.05) is 74.6 Å². The lowest BCUT2D eigenvalue weighted by Gasteiger charge is -2.35. The highest BCUT2D eigenvalue weighted by Gasteiger charge is 2.44. The van der Waals surface area contributed by atoms with E-state index in [0.29, 0.717) is 55.2 Å². The summed E-state index contributed by atoms with van der Waals surface area (Å²) in [4.78, 5) is 5.42. The summed E-state index contributed by atoms with van der Waals surface area (Å²) in [5.41, 5.74) is 3.58. The number of anilines is 1. The third kappa shape index (κ3) is 3.92. The van der Waals surface area contributed by atoms with E-state index in [1.54, 1.807) is 24.3 Å². The Labute approximate surface area is 275 Å². The summed E-state index contributed by atoms with van der Waals surface area (Å²) in [6.07, 6.45) is 0. The Morgan fingerprint density at radius 2 is 1.17 bits per heavy atom. The van der Waals surface area contributed by atoms with Crippen molar-refractivity contribution in [3.05, 3.63) is 135 Å². The summed E-state index contributed by atoms with van der Waals surface area (Å²) < 4.78 is 1.87. The minimum absolute atomic E-state index is 0.0587. The smallest absolute Gasteiger partial charge is 0.270 e. The van der Waals surface area contributed by atoms with Crippen LogP contribution in [0.3, 0.4) is 0 Å². The fourth-order valence-electron chi connectivity index (χ4n) is 7.29. The molecule has 0 aromatic heterocycles. The van der Waals surface area contributed by atoms with Crippen LogP contribution in [0.25, 0.3) is 37.5 Å². The van der Waals surface area contributed by atoms with Crippen molar-refractivity contribution in [3.63, 3.8) is 0 Å². The fraction of sp³-hybridized carbons (Fsp3) is 0.103. The number of hydrogen-bond acceptors (Lipinski definition) is 7. The number of aliphatic hydroxyl groups is 1. The Morgan fingerprint density at radius 3 is 1.60 bits per heavy atom. The molecule has 2 aliphatic rings. The molecule has 5 aromatic carbocycles. The fourth-order valence-corrected chi connectivity index (χ4v) is 7.29. The van der Waals surface area contributed by atoms with Crippen LogP contribution >= 0.6 is 0 Å². The summed E-state index contributed by atoms with van der Waals surface area (Å²) in [6.45, 7) is 8.02. The molecule has 2 aliphatic carbocycles. The third-order valence-corrected chi connectivity index (χ3v) is 9.01. The van der Waals surface area contributed by atoms with Gasteiger partial charge in [0.15, 0.2) is 0 Å². The minimum atomic E-state index is -0.356. The quantitative estimate of drug-likeness (QED) is 0.0614. The summed E-state index contributed by atoms with van der Waals surface area (Å²) >= 11 is 0. The summed E-state index contributed by atoms with van der Waals surface area (Å²) in [7, 11) is 7.38. The molecule has 234 valence electrons. The molecule has 0 fully saturated rings. The number of rotatable bonds is 2. The highest BCUT2D eigenvalue weighted by molar-refractivity contribution is 6.27. The highest BCUT2D eigenvalue weighted by Crippen LogP contribution is 2.59. The third-order valence-electron chi connectivity index (χ3n) is 9.01. The zero-order valence-corrected chi connectivity index (χ0v) is 26.5. The molecular weight excluding hydrogens is 604 g/mol. The second-order valence-corrected chi connectivity index (χ2v) is 12.1. The summed E-state index contributed by atoms with van der Waals surface area (Å²) in [6, 6.07) is 22.0. The summed E-state index contributed by atoms with van der Waals surface area (Å²) in [5, 5.41) is 70.1. The zero-order chi connectivity index (χ0) is 34.2. The Hall–Kier alpha value is -6.71. The average Bonchev–Trinajstić information content (AvgIpc) is 3.04. The number of allylic oxidation sites excluding steroid dienone is 3. The van der Waals surface area contributed by atoms with E-state index in [0.717, 1.165) is 0 Å². The molecule has 48 heavy (non-hydrogen) atoms. The van der Waals surface area contributed by atoms with Gasteiger partial charge in [0.2, 0.25) is 5.71 Å². The van der Waals surface area contributed by atoms with E-state index >= 15 is 0 Å². The maximum atomic E-state index is 12.3. The number of hydrogen-bond donors (Lipinski definition) is 5. The topological polar surface area (TPSA) is 136 Å². The molecule has 7 rings (SSSR count). The Kier molecular flexibility index (Phi) is 6.67. The van der Waals surface area contributed by atoms with Gasteiger partial charge in [0.05, 0.1) is 29.5 Å². The monoisotopic (exact) mass is 633 g/mol. The van der Waals surface area contributed by atoms with Gasteiger partial charge in [-0.2, -0.15) is 0 Å². The number of phenols is 4. The molecule has 0 unspecified atom stereocenters. The Bertz CT molecular complexity index is 2380. The van der Waals surface area contributed by atoms with E-state index < -0.39 is 0 Å². The van der Waals surface area contributed by atoms with Gasteiger partial charge in [-0.05, 0) is 36.4 Å². The number of aromatic hydroxyl groups is 4. The first kappa shape index (κ1) is 30.0. The van der Waals surface area contributed by atoms with Crippen LogP contribution < -0.4 is 4.90 Å². The van der Waals surface area contributed by atoms with Crippen molar-refractivity contribution in [1.29, 1.82) is 5.26 Å². The number of benzene rings is 5. The van der Waals surface area contributed by atoms with E-state index in [9.17, 15) is 30.8 Å². The number of nitriles is 1. The van der Waals surface area contributed by atoms with Crippen molar-refractivity contribution >= 4 is 44.1 Å². The molecule has 0 spiro atoms. The standard InChI is InChI=1S/C39H28N4O5/c1-41-23(18-40)32-35(33-28-19(10-6-14-24(28)44)37(42(2)3)20-11-7-15-25(45)29(20)33)39(48)36(32)34-30-21(12-8-16-26(30)46)38(43(4)5)22-13-9-17-27(47)31(22)34/h6-17H,2-5H3,(H4-,44,45,46,47,48)/p+1. The molecular formula is C39H29N4O5+. The molecule has 0 atom stereocenters. The van der Waals surface area contributed by atoms with E-state index in [-0.39, 0.29) is 62.3 Å².